The van der Waals surface area contributed by atoms with Crippen molar-refractivity contribution in [1.29, 1.82) is 0 Å². The predicted octanol–water partition coefficient (Wildman–Crippen LogP) is 3.72. The molecule has 165 valence electrons. The molecule has 1 amide bonds. The van der Waals surface area contributed by atoms with Gasteiger partial charge in [-0.05, 0) is 32.0 Å². The SMILES string of the molecule is [CH2]CN(C)C(=O)n1c([S@+]([O-])Cc2nccc(OCC(F)(F)F)c2C)nc2ccccc21. The van der Waals surface area contributed by atoms with Crippen LogP contribution in [0.1, 0.15) is 11.3 Å². The third-order valence-corrected chi connectivity index (χ3v) is 5.72. The second kappa shape index (κ2) is 9.15. The average Bonchev–Trinajstić information content (AvgIpc) is 3.12. The Morgan fingerprint density at radius 1 is 1.32 bits per heavy atom. The Bertz CT molecular complexity index is 1090. The maximum Gasteiger partial charge on any atom is 0.422 e. The summed E-state index contributed by atoms with van der Waals surface area (Å²) in [5.41, 5.74) is 1.60. The first kappa shape index (κ1) is 22.9. The number of hydrogen-bond acceptors (Lipinski definition) is 5. The third-order valence-electron chi connectivity index (χ3n) is 4.50. The number of carbonyl (C=O) groups excluding carboxylic acids is 1. The van der Waals surface area contributed by atoms with E-state index in [0.717, 1.165) is 0 Å². The molecule has 3 rings (SSSR count). The van der Waals surface area contributed by atoms with E-state index >= 15 is 0 Å². The van der Waals surface area contributed by atoms with Crippen molar-refractivity contribution in [1.82, 2.24) is 19.4 Å². The fraction of sp³-hybridized carbons (Fsp3) is 0.300. The van der Waals surface area contributed by atoms with Gasteiger partial charge in [0.25, 0.3) is 0 Å². The smallest absolute Gasteiger partial charge is 0.422 e. The van der Waals surface area contributed by atoms with E-state index in [0.29, 0.717) is 16.6 Å². The molecule has 11 heteroatoms. The topological polar surface area (TPSA) is 83.3 Å². The van der Waals surface area contributed by atoms with E-state index < -0.39 is 30.0 Å². The second-order valence-corrected chi connectivity index (χ2v) is 8.04. The minimum absolute atomic E-state index is 0.000644. The van der Waals surface area contributed by atoms with Crippen molar-refractivity contribution >= 4 is 28.2 Å². The summed E-state index contributed by atoms with van der Waals surface area (Å²) >= 11 is -1.81. The highest BCUT2D eigenvalue weighted by Gasteiger charge is 2.30. The quantitative estimate of drug-likeness (QED) is 0.531. The van der Waals surface area contributed by atoms with Gasteiger partial charge in [0.1, 0.15) is 5.75 Å². The van der Waals surface area contributed by atoms with Crippen LogP contribution < -0.4 is 4.74 Å². The van der Waals surface area contributed by atoms with Gasteiger partial charge in [0.2, 0.25) is 0 Å². The van der Waals surface area contributed by atoms with Gasteiger partial charge in [-0.15, -0.1) is 0 Å². The number of hydrogen-bond donors (Lipinski definition) is 0. The van der Waals surface area contributed by atoms with Crippen molar-refractivity contribution in [3.63, 3.8) is 0 Å². The summed E-state index contributed by atoms with van der Waals surface area (Å²) < 4.78 is 56.7. The minimum Gasteiger partial charge on any atom is -0.609 e. The van der Waals surface area contributed by atoms with Crippen molar-refractivity contribution in [3.05, 3.63) is 54.7 Å². The van der Waals surface area contributed by atoms with Gasteiger partial charge in [-0.1, -0.05) is 12.1 Å². The molecule has 0 unspecified atom stereocenters. The summed E-state index contributed by atoms with van der Waals surface area (Å²) in [6.45, 7) is 3.97. The average molecular weight is 453 g/mol. The number of rotatable bonds is 6. The number of aromatic nitrogens is 3. The number of ether oxygens (including phenoxy) is 1. The summed E-state index contributed by atoms with van der Waals surface area (Å²) in [4.78, 5) is 22.7. The second-order valence-electron chi connectivity index (χ2n) is 6.70. The normalized spacial score (nSPS) is 12.7. The standard InChI is InChI=1S/C20H20F3N4O3S/c1-4-26(3)19(28)27-16-8-6-5-7-14(16)25-18(27)31(29)11-15-13(2)17(9-10-24-15)30-12-20(21,22)23/h5-10H,1,4,11-12H2,2-3H3/t31-/m1/s1. The fourth-order valence-electron chi connectivity index (χ4n) is 2.82. The van der Waals surface area contributed by atoms with Gasteiger partial charge in [0.15, 0.2) is 12.4 Å². The molecule has 3 aromatic rings. The Morgan fingerprint density at radius 2 is 2.03 bits per heavy atom. The van der Waals surface area contributed by atoms with Gasteiger partial charge < -0.3 is 14.2 Å². The molecule has 0 spiro atoms. The van der Waals surface area contributed by atoms with E-state index in [1.54, 1.807) is 31.3 Å². The van der Waals surface area contributed by atoms with Gasteiger partial charge in [0.05, 0.1) is 16.7 Å². The van der Waals surface area contributed by atoms with Gasteiger partial charge in [-0.3, -0.25) is 4.98 Å². The highest BCUT2D eigenvalue weighted by molar-refractivity contribution is 7.90. The molecule has 1 aromatic carbocycles. The van der Waals surface area contributed by atoms with Crippen LogP contribution in [0.15, 0.2) is 41.7 Å². The molecule has 0 aliphatic rings. The first-order chi connectivity index (χ1) is 14.6. The van der Waals surface area contributed by atoms with Crippen molar-refractivity contribution < 1.29 is 27.3 Å². The molecular weight excluding hydrogens is 433 g/mol. The van der Waals surface area contributed by atoms with Crippen molar-refractivity contribution in [2.75, 3.05) is 20.2 Å². The number of amides is 1. The lowest BCUT2D eigenvalue weighted by molar-refractivity contribution is -0.153. The Morgan fingerprint density at radius 3 is 2.71 bits per heavy atom. The number of fused-ring (bicyclic) bond motifs is 1. The molecule has 1 atom stereocenters. The van der Waals surface area contributed by atoms with Crippen LogP contribution in [0.2, 0.25) is 0 Å². The molecule has 0 aliphatic carbocycles. The number of pyridine rings is 1. The molecule has 0 fully saturated rings. The van der Waals surface area contributed by atoms with Crippen LogP contribution in [-0.4, -0.2) is 56.4 Å². The Balaban J connectivity index is 1.94. The van der Waals surface area contributed by atoms with Gasteiger partial charge in [-0.2, -0.15) is 18.2 Å². The maximum absolute atomic E-state index is 13.2. The Hall–Kier alpha value is -2.79. The highest BCUT2D eigenvalue weighted by atomic mass is 32.2. The van der Waals surface area contributed by atoms with Crippen molar-refractivity contribution in [2.24, 2.45) is 0 Å². The number of halogens is 3. The van der Waals surface area contributed by atoms with Crippen LogP contribution >= 0.6 is 0 Å². The summed E-state index contributed by atoms with van der Waals surface area (Å²) in [5.74, 6) is -0.152. The number of carbonyl (C=O) groups is 1. The first-order valence-electron chi connectivity index (χ1n) is 9.17. The maximum atomic E-state index is 13.2. The number of alkyl halides is 3. The summed E-state index contributed by atoms with van der Waals surface area (Å²) in [6, 6.07) is 7.73. The largest absolute Gasteiger partial charge is 0.609 e. The number of imidazole rings is 1. The van der Waals surface area contributed by atoms with Crippen LogP contribution in [0.5, 0.6) is 5.75 Å². The van der Waals surface area contributed by atoms with Crippen LogP contribution in [0.25, 0.3) is 11.0 Å². The van der Waals surface area contributed by atoms with Crippen LogP contribution in [-0.2, 0) is 16.9 Å². The minimum atomic E-state index is -4.48. The van der Waals surface area contributed by atoms with Gasteiger partial charge in [-0.25, -0.2) is 9.36 Å². The van der Waals surface area contributed by atoms with E-state index in [4.69, 9.17) is 4.74 Å². The molecule has 2 heterocycles. The molecule has 0 aliphatic heterocycles. The molecule has 1 radical (unpaired) electrons. The summed E-state index contributed by atoms with van der Waals surface area (Å²) in [6.07, 6.45) is -3.19. The number of benzene rings is 1. The highest BCUT2D eigenvalue weighted by Crippen LogP contribution is 2.27. The third kappa shape index (κ3) is 5.10. The van der Waals surface area contributed by atoms with Crippen LogP contribution in [0, 0.1) is 13.8 Å². The first-order valence-corrected chi connectivity index (χ1v) is 10.5. The molecule has 31 heavy (non-hydrogen) atoms. The lowest BCUT2D eigenvalue weighted by Crippen LogP contribution is -2.33. The Kier molecular flexibility index (Phi) is 6.75. The van der Waals surface area contributed by atoms with E-state index in [9.17, 15) is 22.5 Å². The zero-order valence-electron chi connectivity index (χ0n) is 16.8. The predicted molar refractivity (Wildman–Crippen MR) is 109 cm³/mol. The summed E-state index contributed by atoms with van der Waals surface area (Å²) in [5, 5.41) is 0.0225. The van der Waals surface area contributed by atoms with Gasteiger partial charge >= 0.3 is 17.4 Å². The monoisotopic (exact) mass is 453 g/mol. The Labute approximate surface area is 180 Å². The lowest BCUT2D eigenvalue weighted by Gasteiger charge is -2.18. The molecule has 0 saturated heterocycles. The molecule has 0 saturated carbocycles. The lowest BCUT2D eigenvalue weighted by atomic mass is 10.2. The molecule has 2 aromatic heterocycles. The van der Waals surface area contributed by atoms with E-state index in [2.05, 4.69) is 16.9 Å². The zero-order chi connectivity index (χ0) is 22.8. The van der Waals surface area contributed by atoms with E-state index in [1.165, 1.54) is 28.7 Å². The van der Waals surface area contributed by atoms with E-state index in [-0.39, 0.29) is 28.9 Å². The van der Waals surface area contributed by atoms with Gasteiger partial charge in [0, 0.05) is 36.5 Å². The fourth-order valence-corrected chi connectivity index (χ4v) is 4.07. The molecular formula is C20H20F3N4O3S. The molecule has 0 N–H and O–H groups in total. The van der Waals surface area contributed by atoms with Crippen LogP contribution in [0.4, 0.5) is 18.0 Å². The molecule has 7 nitrogen and oxygen atoms in total. The number of para-hydroxylation sites is 2. The van der Waals surface area contributed by atoms with E-state index in [1.807, 2.05) is 0 Å². The van der Waals surface area contributed by atoms with Crippen molar-refractivity contribution in [3.8, 4) is 5.75 Å². The zero-order valence-corrected chi connectivity index (χ0v) is 17.7. The van der Waals surface area contributed by atoms with Crippen LogP contribution in [0.3, 0.4) is 0 Å². The summed E-state index contributed by atoms with van der Waals surface area (Å²) in [7, 11) is 1.56. The molecule has 0 bridgehead atoms. The van der Waals surface area contributed by atoms with Crippen molar-refractivity contribution in [2.45, 2.75) is 24.0 Å². The number of nitrogens with zero attached hydrogens (tertiary/aromatic N) is 4.